The van der Waals surface area contributed by atoms with Gasteiger partial charge in [0.25, 0.3) is 0 Å². The Morgan fingerprint density at radius 2 is 1.97 bits per heavy atom. The maximum atomic E-state index is 12.0. The van der Waals surface area contributed by atoms with Gasteiger partial charge in [0.05, 0.1) is 6.54 Å². The zero-order chi connectivity index (χ0) is 21.3. The number of aryl methyl sites for hydroxylation is 1. The van der Waals surface area contributed by atoms with E-state index < -0.39 is 0 Å². The summed E-state index contributed by atoms with van der Waals surface area (Å²) in [6.45, 7) is 12.6. The number of hydrogen-bond donors (Lipinski definition) is 0. The van der Waals surface area contributed by atoms with Gasteiger partial charge in [-0.15, -0.1) is 0 Å². The largest absolute Gasteiger partial charge is 0.360 e. The summed E-state index contributed by atoms with van der Waals surface area (Å²) in [5.74, 6) is 1.49. The first kappa shape index (κ1) is 21.4. The molecule has 1 aromatic carbocycles. The monoisotopic (exact) mass is 406 g/mol. The average Bonchev–Trinajstić information content (AvgIpc) is 3.02. The van der Waals surface area contributed by atoms with Gasteiger partial charge in [-0.1, -0.05) is 42.8 Å². The molecule has 162 valence electrons. The van der Waals surface area contributed by atoms with Gasteiger partial charge >= 0.3 is 0 Å². The minimum atomic E-state index is 0.286. The van der Waals surface area contributed by atoms with Crippen LogP contribution in [0.15, 0.2) is 47.2 Å². The number of ketones is 1. The van der Waals surface area contributed by atoms with Gasteiger partial charge in [-0.05, 0) is 82.0 Å². The van der Waals surface area contributed by atoms with Gasteiger partial charge in [-0.2, -0.15) is 0 Å². The first-order valence-corrected chi connectivity index (χ1v) is 11.9. The standard InChI is InChI=1S/C27H38N2O/c1-19-10-12-23(13-11-19)20(2)8-6-15-28-16-14-26-25(18-28)24-9-5-7-21(3)27(24)29(26)17-22(4)30/h9-13,20,25-26H,5-8,14-18H2,1-4H3. The van der Waals surface area contributed by atoms with E-state index in [0.717, 1.165) is 25.9 Å². The Morgan fingerprint density at radius 1 is 1.20 bits per heavy atom. The summed E-state index contributed by atoms with van der Waals surface area (Å²) in [4.78, 5) is 17.1. The SMILES string of the molecule is CC(=O)CN1C2=C(C)CCC=C2C2CN(CCCC(C)c3ccc(C)cc3)CCC21. The lowest BCUT2D eigenvalue weighted by atomic mass is 9.85. The van der Waals surface area contributed by atoms with Crippen molar-refractivity contribution in [1.29, 1.82) is 0 Å². The van der Waals surface area contributed by atoms with Crippen molar-refractivity contribution in [3.63, 3.8) is 0 Å². The number of hydrogen-bond acceptors (Lipinski definition) is 3. The Kier molecular flexibility index (Phi) is 6.48. The molecule has 0 radical (unpaired) electrons. The predicted molar refractivity (Wildman–Crippen MR) is 125 cm³/mol. The lowest BCUT2D eigenvalue weighted by Crippen LogP contribution is -2.47. The third kappa shape index (κ3) is 4.42. The van der Waals surface area contributed by atoms with Crippen LogP contribution in [0.5, 0.6) is 0 Å². The highest BCUT2D eigenvalue weighted by Crippen LogP contribution is 2.46. The van der Waals surface area contributed by atoms with E-state index in [1.165, 1.54) is 48.2 Å². The van der Waals surface area contributed by atoms with E-state index in [1.54, 1.807) is 12.5 Å². The lowest BCUT2D eigenvalue weighted by molar-refractivity contribution is -0.118. The highest BCUT2D eigenvalue weighted by atomic mass is 16.1. The summed E-state index contributed by atoms with van der Waals surface area (Å²) in [5, 5.41) is 0. The van der Waals surface area contributed by atoms with Crippen LogP contribution in [0.4, 0.5) is 0 Å². The molecular weight excluding hydrogens is 368 g/mol. The molecule has 0 spiro atoms. The Balaban J connectivity index is 1.36. The third-order valence-corrected chi connectivity index (χ3v) is 7.46. The average molecular weight is 407 g/mol. The Hall–Kier alpha value is -1.87. The summed E-state index contributed by atoms with van der Waals surface area (Å²) < 4.78 is 0. The van der Waals surface area contributed by atoms with Crippen molar-refractivity contribution in [2.24, 2.45) is 5.92 Å². The molecule has 0 saturated carbocycles. The summed E-state index contributed by atoms with van der Waals surface area (Å²) in [5.41, 5.74) is 7.25. The van der Waals surface area contributed by atoms with Crippen molar-refractivity contribution in [2.75, 3.05) is 26.2 Å². The van der Waals surface area contributed by atoms with Gasteiger partial charge in [-0.25, -0.2) is 0 Å². The Labute approximate surface area is 182 Å². The topological polar surface area (TPSA) is 23.6 Å². The first-order valence-electron chi connectivity index (χ1n) is 11.9. The minimum Gasteiger partial charge on any atom is -0.360 e. The van der Waals surface area contributed by atoms with E-state index in [2.05, 4.69) is 60.9 Å². The van der Waals surface area contributed by atoms with Crippen LogP contribution in [0.2, 0.25) is 0 Å². The van der Waals surface area contributed by atoms with Crippen LogP contribution in [-0.2, 0) is 4.79 Å². The lowest BCUT2D eigenvalue weighted by Gasteiger charge is -2.38. The van der Waals surface area contributed by atoms with Crippen molar-refractivity contribution in [3.05, 3.63) is 58.3 Å². The molecule has 1 aromatic rings. The molecule has 30 heavy (non-hydrogen) atoms. The van der Waals surface area contributed by atoms with E-state index in [1.807, 2.05) is 0 Å². The van der Waals surface area contributed by atoms with E-state index in [4.69, 9.17) is 0 Å². The minimum absolute atomic E-state index is 0.286. The van der Waals surface area contributed by atoms with E-state index >= 15 is 0 Å². The van der Waals surface area contributed by atoms with Crippen molar-refractivity contribution >= 4 is 5.78 Å². The molecule has 2 fully saturated rings. The quantitative estimate of drug-likeness (QED) is 0.600. The molecule has 4 rings (SSSR count). The number of benzene rings is 1. The first-order chi connectivity index (χ1) is 14.4. The molecule has 1 aliphatic carbocycles. The maximum absolute atomic E-state index is 12.0. The fraction of sp³-hybridized carbons (Fsp3) is 0.593. The summed E-state index contributed by atoms with van der Waals surface area (Å²) >= 11 is 0. The highest BCUT2D eigenvalue weighted by molar-refractivity contribution is 5.78. The molecule has 2 aliphatic heterocycles. The molecule has 0 bridgehead atoms. The Bertz CT molecular complexity index is 835. The van der Waals surface area contributed by atoms with E-state index in [9.17, 15) is 4.79 Å². The molecule has 2 heterocycles. The van der Waals surface area contributed by atoms with Crippen molar-refractivity contribution in [3.8, 4) is 0 Å². The van der Waals surface area contributed by atoms with E-state index in [-0.39, 0.29) is 5.78 Å². The van der Waals surface area contributed by atoms with Crippen LogP contribution in [0, 0.1) is 12.8 Å². The van der Waals surface area contributed by atoms with Gasteiger partial charge < -0.3 is 9.80 Å². The molecule has 2 saturated heterocycles. The Morgan fingerprint density at radius 3 is 2.70 bits per heavy atom. The second-order valence-electron chi connectivity index (χ2n) is 9.87. The fourth-order valence-corrected chi connectivity index (χ4v) is 5.82. The molecule has 3 heteroatoms. The molecule has 3 nitrogen and oxygen atoms in total. The number of allylic oxidation sites excluding steroid dienone is 3. The smallest absolute Gasteiger partial charge is 0.149 e. The van der Waals surface area contributed by atoms with Crippen LogP contribution >= 0.6 is 0 Å². The van der Waals surface area contributed by atoms with Gasteiger partial charge in [0, 0.05) is 30.7 Å². The second kappa shape index (κ2) is 9.09. The maximum Gasteiger partial charge on any atom is 0.149 e. The van der Waals surface area contributed by atoms with Gasteiger partial charge in [0.2, 0.25) is 0 Å². The number of Topliss-reactive ketones (excluding diaryl/α,β-unsaturated/α-hetero) is 1. The molecule has 3 atom stereocenters. The van der Waals surface area contributed by atoms with Gasteiger partial charge in [0.15, 0.2) is 0 Å². The number of carbonyl (C=O) groups is 1. The van der Waals surface area contributed by atoms with Crippen LogP contribution in [-0.4, -0.2) is 47.8 Å². The number of likely N-dealkylation sites (tertiary alicyclic amines) is 2. The fourth-order valence-electron chi connectivity index (χ4n) is 5.82. The third-order valence-electron chi connectivity index (χ3n) is 7.46. The van der Waals surface area contributed by atoms with Crippen molar-refractivity contribution in [1.82, 2.24) is 9.80 Å². The van der Waals surface area contributed by atoms with Crippen LogP contribution in [0.1, 0.15) is 69.9 Å². The predicted octanol–water partition coefficient (Wildman–Crippen LogP) is 5.47. The van der Waals surface area contributed by atoms with Crippen molar-refractivity contribution in [2.45, 2.75) is 71.8 Å². The molecule has 0 N–H and O–H groups in total. The molecule has 3 aliphatic rings. The molecule has 3 unspecified atom stereocenters. The number of rotatable bonds is 7. The summed E-state index contributed by atoms with van der Waals surface area (Å²) in [7, 11) is 0. The van der Waals surface area contributed by atoms with Crippen LogP contribution in [0.25, 0.3) is 0 Å². The van der Waals surface area contributed by atoms with Crippen LogP contribution < -0.4 is 0 Å². The van der Waals surface area contributed by atoms with Crippen molar-refractivity contribution < 1.29 is 4.79 Å². The van der Waals surface area contributed by atoms with Gasteiger partial charge in [0.1, 0.15) is 5.78 Å². The zero-order valence-electron chi connectivity index (χ0n) is 19.3. The number of piperidine rings is 1. The summed E-state index contributed by atoms with van der Waals surface area (Å²) in [6.07, 6.45) is 8.47. The highest BCUT2D eigenvalue weighted by Gasteiger charge is 2.45. The second-order valence-corrected chi connectivity index (χ2v) is 9.87. The summed E-state index contributed by atoms with van der Waals surface area (Å²) in [6, 6.07) is 9.56. The number of carbonyl (C=O) groups excluding carboxylic acids is 1. The number of nitrogens with zero attached hydrogens (tertiary/aromatic N) is 2. The molecular formula is C27H38N2O. The molecule has 0 aromatic heterocycles. The zero-order valence-corrected chi connectivity index (χ0v) is 19.3. The molecule has 0 amide bonds. The van der Waals surface area contributed by atoms with E-state index in [0.29, 0.717) is 24.4 Å². The van der Waals surface area contributed by atoms with Crippen LogP contribution in [0.3, 0.4) is 0 Å². The number of fused-ring (bicyclic) bond motifs is 3. The van der Waals surface area contributed by atoms with Gasteiger partial charge in [-0.3, -0.25) is 4.79 Å². The normalized spacial score (nSPS) is 25.1.